The Bertz CT molecular complexity index is 305. The van der Waals surface area contributed by atoms with Crippen LogP contribution in [-0.2, 0) is 0 Å². The Balaban J connectivity index is 2.51. The zero-order valence-corrected chi connectivity index (χ0v) is 12.2. The van der Waals surface area contributed by atoms with Crippen molar-refractivity contribution in [3.05, 3.63) is 34.3 Å². The highest BCUT2D eigenvalue weighted by Crippen LogP contribution is 2.18. The van der Waals surface area contributed by atoms with E-state index in [0.717, 1.165) is 10.4 Å². The van der Waals surface area contributed by atoms with Crippen LogP contribution in [0, 0.1) is 5.92 Å². The van der Waals surface area contributed by atoms with Gasteiger partial charge in [0.25, 0.3) is 0 Å². The van der Waals surface area contributed by atoms with Crippen LogP contribution in [0.2, 0.25) is 0 Å². The lowest BCUT2D eigenvalue weighted by Crippen LogP contribution is -2.30. The Morgan fingerprint density at radius 3 is 2.12 bits per heavy atom. The lowest BCUT2D eigenvalue weighted by atomic mass is 10.0. The smallest absolute Gasteiger partial charge is 0.0294 e. The van der Waals surface area contributed by atoms with Crippen LogP contribution >= 0.6 is 15.9 Å². The van der Waals surface area contributed by atoms with Crippen LogP contribution in [0.3, 0.4) is 0 Å². The van der Waals surface area contributed by atoms with Crippen LogP contribution < -0.4 is 5.32 Å². The first-order chi connectivity index (χ1) is 7.49. The minimum absolute atomic E-state index is 0.418. The minimum atomic E-state index is 0.418. The van der Waals surface area contributed by atoms with E-state index in [0.29, 0.717) is 12.1 Å². The summed E-state index contributed by atoms with van der Waals surface area (Å²) in [5.74, 6) is 0.750. The molecule has 0 spiro atoms. The normalized spacial score (nSPS) is 15.1. The predicted molar refractivity (Wildman–Crippen MR) is 74.6 cm³/mol. The van der Waals surface area contributed by atoms with Gasteiger partial charge < -0.3 is 5.32 Å². The molecule has 0 aromatic heterocycles. The lowest BCUT2D eigenvalue weighted by molar-refractivity contribution is 0.407. The van der Waals surface area contributed by atoms with Crippen molar-refractivity contribution < 1.29 is 0 Å². The van der Waals surface area contributed by atoms with E-state index in [1.807, 2.05) is 0 Å². The molecule has 0 fully saturated rings. The van der Waals surface area contributed by atoms with Gasteiger partial charge in [0, 0.05) is 16.6 Å². The topological polar surface area (TPSA) is 12.0 Å². The summed E-state index contributed by atoms with van der Waals surface area (Å²) in [7, 11) is 0. The molecule has 0 aliphatic rings. The van der Waals surface area contributed by atoms with Gasteiger partial charge in [0.05, 0.1) is 0 Å². The quantitative estimate of drug-likeness (QED) is 0.837. The minimum Gasteiger partial charge on any atom is -0.308 e. The van der Waals surface area contributed by atoms with Crippen LogP contribution in [-0.4, -0.2) is 6.04 Å². The molecule has 90 valence electrons. The molecule has 0 saturated carbocycles. The number of nitrogens with one attached hydrogen (secondary N) is 1. The van der Waals surface area contributed by atoms with Gasteiger partial charge in [-0.15, -0.1) is 0 Å². The van der Waals surface area contributed by atoms with Gasteiger partial charge in [-0.3, -0.25) is 0 Å². The van der Waals surface area contributed by atoms with Crippen molar-refractivity contribution in [2.45, 2.75) is 46.2 Å². The van der Waals surface area contributed by atoms with Crippen molar-refractivity contribution in [1.82, 2.24) is 5.32 Å². The van der Waals surface area contributed by atoms with E-state index in [-0.39, 0.29) is 0 Å². The van der Waals surface area contributed by atoms with Crippen LogP contribution in [0.4, 0.5) is 0 Å². The second kappa shape index (κ2) is 6.41. The van der Waals surface area contributed by atoms with E-state index in [4.69, 9.17) is 0 Å². The highest BCUT2D eigenvalue weighted by molar-refractivity contribution is 9.10. The first-order valence-electron chi connectivity index (χ1n) is 6.00. The van der Waals surface area contributed by atoms with E-state index in [2.05, 4.69) is 73.2 Å². The third kappa shape index (κ3) is 4.67. The molecule has 16 heavy (non-hydrogen) atoms. The van der Waals surface area contributed by atoms with E-state index < -0.39 is 0 Å². The van der Waals surface area contributed by atoms with Crippen molar-refractivity contribution in [1.29, 1.82) is 0 Å². The van der Waals surface area contributed by atoms with Crippen molar-refractivity contribution >= 4 is 15.9 Å². The van der Waals surface area contributed by atoms with E-state index in [9.17, 15) is 0 Å². The predicted octanol–water partition coefficient (Wildman–Crippen LogP) is 4.53. The molecule has 0 aliphatic carbocycles. The van der Waals surface area contributed by atoms with Crippen LogP contribution in [0.5, 0.6) is 0 Å². The van der Waals surface area contributed by atoms with Crippen molar-refractivity contribution in [3.8, 4) is 0 Å². The summed E-state index contributed by atoms with van der Waals surface area (Å²) in [4.78, 5) is 0. The fourth-order valence-electron chi connectivity index (χ4n) is 2.05. The van der Waals surface area contributed by atoms with Crippen LogP contribution in [0.25, 0.3) is 0 Å². The van der Waals surface area contributed by atoms with Crippen molar-refractivity contribution in [2.24, 2.45) is 5.92 Å². The Labute approximate surface area is 108 Å². The molecule has 1 unspecified atom stereocenters. The zero-order valence-electron chi connectivity index (χ0n) is 10.6. The van der Waals surface area contributed by atoms with Gasteiger partial charge in [-0.1, -0.05) is 41.9 Å². The molecule has 0 heterocycles. The number of hydrogen-bond donors (Lipinski definition) is 1. The maximum atomic E-state index is 3.63. The molecule has 0 amide bonds. The zero-order chi connectivity index (χ0) is 12.1. The molecule has 0 radical (unpaired) electrons. The first kappa shape index (κ1) is 13.7. The summed E-state index contributed by atoms with van der Waals surface area (Å²) < 4.78 is 1.14. The summed E-state index contributed by atoms with van der Waals surface area (Å²) in [6, 6.07) is 9.52. The molecule has 2 atom stereocenters. The summed E-state index contributed by atoms with van der Waals surface area (Å²) in [5, 5.41) is 3.63. The van der Waals surface area contributed by atoms with Gasteiger partial charge in [-0.25, -0.2) is 0 Å². The average Bonchev–Trinajstić information content (AvgIpc) is 2.16. The SMILES string of the molecule is CC(C)CC(C)N[C@@H](C)c1ccc(Br)cc1. The number of halogens is 1. The maximum absolute atomic E-state index is 3.63. The summed E-state index contributed by atoms with van der Waals surface area (Å²) >= 11 is 3.46. The van der Waals surface area contributed by atoms with Gasteiger partial charge >= 0.3 is 0 Å². The molecule has 0 saturated heterocycles. The largest absolute Gasteiger partial charge is 0.308 e. The molecule has 1 aromatic rings. The lowest BCUT2D eigenvalue weighted by Gasteiger charge is -2.21. The molecule has 0 aliphatic heterocycles. The number of rotatable bonds is 5. The van der Waals surface area contributed by atoms with Gasteiger partial charge in [0.2, 0.25) is 0 Å². The number of hydrogen-bond acceptors (Lipinski definition) is 1. The Morgan fingerprint density at radius 2 is 1.62 bits per heavy atom. The summed E-state index contributed by atoms with van der Waals surface area (Å²) in [6.45, 7) is 9.01. The van der Waals surface area contributed by atoms with Gasteiger partial charge in [-0.05, 0) is 43.9 Å². The monoisotopic (exact) mass is 283 g/mol. The first-order valence-corrected chi connectivity index (χ1v) is 6.80. The maximum Gasteiger partial charge on any atom is 0.0294 e. The van der Waals surface area contributed by atoms with E-state index >= 15 is 0 Å². The average molecular weight is 284 g/mol. The third-order valence-electron chi connectivity index (χ3n) is 2.73. The van der Waals surface area contributed by atoms with E-state index in [1.165, 1.54) is 12.0 Å². The van der Waals surface area contributed by atoms with Crippen molar-refractivity contribution in [2.75, 3.05) is 0 Å². The van der Waals surface area contributed by atoms with Gasteiger partial charge in [-0.2, -0.15) is 0 Å². The van der Waals surface area contributed by atoms with Gasteiger partial charge in [0.15, 0.2) is 0 Å². The summed E-state index contributed by atoms with van der Waals surface area (Å²) in [6.07, 6.45) is 1.22. The molecule has 1 aromatic carbocycles. The fraction of sp³-hybridized carbons (Fsp3) is 0.571. The number of benzene rings is 1. The Hall–Kier alpha value is -0.340. The Kier molecular flexibility index (Phi) is 5.50. The molecule has 0 bridgehead atoms. The molecule has 1 rings (SSSR count). The van der Waals surface area contributed by atoms with E-state index in [1.54, 1.807) is 0 Å². The fourth-order valence-corrected chi connectivity index (χ4v) is 2.31. The molecular formula is C14H22BrN. The van der Waals surface area contributed by atoms with Crippen LogP contribution in [0.15, 0.2) is 28.7 Å². The third-order valence-corrected chi connectivity index (χ3v) is 3.26. The van der Waals surface area contributed by atoms with Crippen LogP contribution in [0.1, 0.15) is 45.7 Å². The molecular weight excluding hydrogens is 262 g/mol. The second-order valence-corrected chi connectivity index (χ2v) is 5.89. The molecule has 2 heteroatoms. The highest BCUT2D eigenvalue weighted by Gasteiger charge is 2.10. The molecule has 1 nitrogen and oxygen atoms in total. The van der Waals surface area contributed by atoms with Crippen molar-refractivity contribution in [3.63, 3.8) is 0 Å². The standard InChI is InChI=1S/C14H22BrN/c1-10(2)9-11(3)16-12(4)13-5-7-14(15)8-6-13/h5-8,10-12,16H,9H2,1-4H3/t11?,12-/m0/s1. The molecule has 1 N–H and O–H groups in total. The van der Waals surface area contributed by atoms with Gasteiger partial charge in [0.1, 0.15) is 0 Å². The Morgan fingerprint density at radius 1 is 1.06 bits per heavy atom. The highest BCUT2D eigenvalue weighted by atomic mass is 79.9. The summed E-state index contributed by atoms with van der Waals surface area (Å²) in [5.41, 5.74) is 1.35. The second-order valence-electron chi connectivity index (χ2n) is 4.97.